The molecule has 0 heterocycles. The minimum Gasteiger partial charge on any atom is -0.465 e. The summed E-state index contributed by atoms with van der Waals surface area (Å²) in [5.41, 5.74) is 0. The summed E-state index contributed by atoms with van der Waals surface area (Å²) in [5.74, 6) is 0.903. The molecular formula is C11H20O4S2. The molecule has 0 bridgehead atoms. The van der Waals surface area contributed by atoms with Gasteiger partial charge in [-0.3, -0.25) is 9.59 Å². The molecule has 0 spiro atoms. The molecule has 0 aromatic rings. The Morgan fingerprint density at radius 3 is 1.65 bits per heavy atom. The molecule has 0 aromatic heterocycles. The Kier molecular flexibility index (Phi) is 11.8. The van der Waals surface area contributed by atoms with Crippen LogP contribution < -0.4 is 0 Å². The molecule has 0 aliphatic heterocycles. The summed E-state index contributed by atoms with van der Waals surface area (Å²) >= 11 is 3.40. The van der Waals surface area contributed by atoms with Crippen LogP contribution in [-0.2, 0) is 19.1 Å². The molecule has 0 aromatic carbocycles. The maximum Gasteiger partial charge on any atom is 0.317 e. The van der Waals surface area contributed by atoms with Gasteiger partial charge in [-0.05, 0) is 36.9 Å². The van der Waals surface area contributed by atoms with Gasteiger partial charge in [-0.25, -0.2) is 0 Å². The molecule has 0 atom stereocenters. The van der Waals surface area contributed by atoms with Crippen molar-refractivity contribution in [3.63, 3.8) is 0 Å². The predicted molar refractivity (Wildman–Crippen MR) is 72.5 cm³/mol. The lowest BCUT2D eigenvalue weighted by molar-refractivity contribution is -0.154. The first-order chi connectivity index (χ1) is 8.20. The van der Waals surface area contributed by atoms with Gasteiger partial charge in [0.25, 0.3) is 0 Å². The largest absolute Gasteiger partial charge is 0.465 e. The lowest BCUT2D eigenvalue weighted by Crippen LogP contribution is -2.15. The van der Waals surface area contributed by atoms with Gasteiger partial charge in [-0.1, -0.05) is 0 Å². The number of esters is 2. The maximum atomic E-state index is 11.2. The molecule has 0 amide bonds. The van der Waals surface area contributed by atoms with Gasteiger partial charge >= 0.3 is 11.9 Å². The topological polar surface area (TPSA) is 52.6 Å². The summed E-state index contributed by atoms with van der Waals surface area (Å²) in [5, 5.41) is 0. The van der Waals surface area contributed by atoms with E-state index in [9.17, 15) is 9.59 Å². The van der Waals surface area contributed by atoms with Crippen LogP contribution in [0.2, 0.25) is 0 Å². The summed E-state index contributed by atoms with van der Waals surface area (Å²) in [6.07, 6.45) is 5.34. The number of rotatable bonds is 10. The Hall–Kier alpha value is -0.360. The van der Waals surface area contributed by atoms with Gasteiger partial charge in [0, 0.05) is 0 Å². The molecule has 0 saturated heterocycles. The lowest BCUT2D eigenvalue weighted by Gasteiger charge is -2.05. The van der Waals surface area contributed by atoms with Crippen LogP contribution in [0.15, 0.2) is 0 Å². The average molecular weight is 280 g/mol. The second kappa shape index (κ2) is 12.1. The second-order valence-corrected chi connectivity index (χ2v) is 5.28. The van der Waals surface area contributed by atoms with E-state index in [1.165, 1.54) is 0 Å². The van der Waals surface area contributed by atoms with Gasteiger partial charge in [0.05, 0.1) is 13.2 Å². The molecule has 6 heteroatoms. The molecule has 100 valence electrons. The van der Waals surface area contributed by atoms with E-state index < -0.39 is 11.9 Å². The lowest BCUT2D eigenvalue weighted by atomic mass is 10.4. The van der Waals surface area contributed by atoms with Crippen LogP contribution in [-0.4, -0.2) is 49.2 Å². The average Bonchev–Trinajstić information content (AvgIpc) is 2.30. The fraction of sp³-hybridized carbons (Fsp3) is 0.818. The molecule has 0 aliphatic rings. The molecular weight excluding hydrogens is 260 g/mol. The Morgan fingerprint density at radius 1 is 0.882 bits per heavy atom. The Labute approximate surface area is 111 Å². The summed E-state index contributed by atoms with van der Waals surface area (Å²) in [7, 11) is 0. The van der Waals surface area contributed by atoms with E-state index >= 15 is 0 Å². The highest BCUT2D eigenvalue weighted by molar-refractivity contribution is 7.98. The van der Waals surface area contributed by atoms with Gasteiger partial charge in [-0.15, -0.1) is 0 Å². The number of carbonyl (C=O) groups is 2. The molecule has 0 rings (SSSR count). The fourth-order valence-electron chi connectivity index (χ4n) is 0.998. The van der Waals surface area contributed by atoms with Crippen LogP contribution in [0.4, 0.5) is 0 Å². The van der Waals surface area contributed by atoms with Crippen LogP contribution in [0, 0.1) is 0 Å². The molecule has 4 nitrogen and oxygen atoms in total. The van der Waals surface area contributed by atoms with Crippen molar-refractivity contribution >= 4 is 35.5 Å². The van der Waals surface area contributed by atoms with E-state index in [1.54, 1.807) is 23.5 Å². The zero-order valence-electron chi connectivity index (χ0n) is 10.4. The molecule has 0 aliphatic carbocycles. The van der Waals surface area contributed by atoms with Crippen molar-refractivity contribution in [2.45, 2.75) is 19.3 Å². The normalized spacial score (nSPS) is 10.0. The minimum atomic E-state index is -0.499. The van der Waals surface area contributed by atoms with Crippen molar-refractivity contribution in [1.82, 2.24) is 0 Å². The zero-order chi connectivity index (χ0) is 12.9. The molecule has 17 heavy (non-hydrogen) atoms. The van der Waals surface area contributed by atoms with Crippen LogP contribution in [0.3, 0.4) is 0 Å². The van der Waals surface area contributed by atoms with Crippen molar-refractivity contribution in [3.8, 4) is 0 Å². The first-order valence-corrected chi connectivity index (χ1v) is 8.28. The highest BCUT2D eigenvalue weighted by Gasteiger charge is 2.11. The molecule has 0 saturated carbocycles. The number of thioether (sulfide) groups is 2. The van der Waals surface area contributed by atoms with E-state index in [4.69, 9.17) is 9.47 Å². The van der Waals surface area contributed by atoms with Crippen LogP contribution in [0.25, 0.3) is 0 Å². The third-order valence-electron chi connectivity index (χ3n) is 1.80. The number of carbonyl (C=O) groups excluding carboxylic acids is 2. The second-order valence-electron chi connectivity index (χ2n) is 3.31. The van der Waals surface area contributed by atoms with Crippen molar-refractivity contribution < 1.29 is 19.1 Å². The summed E-state index contributed by atoms with van der Waals surface area (Å²) in [4.78, 5) is 22.3. The third-order valence-corrected chi connectivity index (χ3v) is 3.19. The number of hydrogen-bond donors (Lipinski definition) is 0. The van der Waals surface area contributed by atoms with E-state index in [0.717, 1.165) is 24.3 Å². The highest BCUT2D eigenvalue weighted by atomic mass is 32.2. The first-order valence-electron chi connectivity index (χ1n) is 5.49. The SMILES string of the molecule is CSCCCOC(=O)CC(=O)OCCCSC. The van der Waals surface area contributed by atoms with Crippen LogP contribution in [0.1, 0.15) is 19.3 Å². The van der Waals surface area contributed by atoms with Crippen molar-refractivity contribution in [3.05, 3.63) is 0 Å². The summed E-state index contributed by atoms with van der Waals surface area (Å²) in [6.45, 7) is 0.749. The van der Waals surface area contributed by atoms with Crippen LogP contribution in [0.5, 0.6) is 0 Å². The number of ether oxygens (including phenoxy) is 2. The van der Waals surface area contributed by atoms with Crippen molar-refractivity contribution in [1.29, 1.82) is 0 Å². The zero-order valence-corrected chi connectivity index (χ0v) is 12.0. The maximum absolute atomic E-state index is 11.2. The standard InChI is InChI=1S/C11H20O4S2/c1-16-7-3-5-14-10(12)9-11(13)15-6-4-8-17-2/h3-9H2,1-2H3. The van der Waals surface area contributed by atoms with Crippen molar-refractivity contribution in [2.24, 2.45) is 0 Å². The van der Waals surface area contributed by atoms with E-state index in [0.29, 0.717) is 13.2 Å². The molecule has 0 unspecified atom stereocenters. The van der Waals surface area contributed by atoms with E-state index in [-0.39, 0.29) is 6.42 Å². The highest BCUT2D eigenvalue weighted by Crippen LogP contribution is 1.99. The molecule has 0 radical (unpaired) electrons. The van der Waals surface area contributed by atoms with Crippen LogP contribution >= 0.6 is 23.5 Å². The monoisotopic (exact) mass is 280 g/mol. The van der Waals surface area contributed by atoms with Crippen molar-refractivity contribution in [2.75, 3.05) is 37.2 Å². The Morgan fingerprint density at radius 2 is 1.29 bits per heavy atom. The van der Waals surface area contributed by atoms with E-state index in [1.807, 2.05) is 12.5 Å². The summed E-state index contributed by atoms with van der Waals surface area (Å²) in [6, 6.07) is 0. The quantitative estimate of drug-likeness (QED) is 0.346. The number of hydrogen-bond acceptors (Lipinski definition) is 6. The molecule has 0 N–H and O–H groups in total. The van der Waals surface area contributed by atoms with Gasteiger partial charge in [0.15, 0.2) is 0 Å². The first kappa shape index (κ1) is 16.6. The smallest absolute Gasteiger partial charge is 0.317 e. The minimum absolute atomic E-state index is 0.279. The fourth-order valence-corrected chi connectivity index (χ4v) is 1.81. The third kappa shape index (κ3) is 11.9. The Balaban J connectivity index is 3.42. The Bertz CT molecular complexity index is 200. The predicted octanol–water partition coefficient (Wildman–Crippen LogP) is 1.97. The summed E-state index contributed by atoms with van der Waals surface area (Å²) < 4.78 is 9.77. The van der Waals surface area contributed by atoms with Gasteiger partial charge in [0.1, 0.15) is 6.42 Å². The van der Waals surface area contributed by atoms with Gasteiger partial charge in [0.2, 0.25) is 0 Å². The van der Waals surface area contributed by atoms with Gasteiger partial charge in [-0.2, -0.15) is 23.5 Å². The van der Waals surface area contributed by atoms with Gasteiger partial charge < -0.3 is 9.47 Å². The molecule has 0 fully saturated rings. The van der Waals surface area contributed by atoms with E-state index in [2.05, 4.69) is 0 Å².